The molecule has 1 aromatic heterocycles. The first-order valence-electron chi connectivity index (χ1n) is 14.4. The van der Waals surface area contributed by atoms with Crippen LogP contribution in [0.15, 0.2) is 36.5 Å². The number of benzene rings is 1. The van der Waals surface area contributed by atoms with E-state index in [-0.39, 0.29) is 40.1 Å². The molecule has 0 spiro atoms. The molecule has 2 fully saturated rings. The largest absolute Gasteiger partial charge is 0.403 e. The molecule has 0 bridgehead atoms. The summed E-state index contributed by atoms with van der Waals surface area (Å²) in [5.74, 6) is -0.967. The first-order chi connectivity index (χ1) is 20.1. The molecule has 2 aliphatic heterocycles. The van der Waals surface area contributed by atoms with Gasteiger partial charge in [0.1, 0.15) is 12.1 Å². The molecule has 10 nitrogen and oxygen atoms in total. The van der Waals surface area contributed by atoms with Crippen LogP contribution in [0, 0.1) is 5.92 Å². The molecule has 1 aromatic carbocycles. The monoisotopic (exact) mass is 640 g/mol. The first-order valence-corrected chi connectivity index (χ1v) is 16.9. The fourth-order valence-electron chi connectivity index (χ4n) is 5.85. The SMILES string of the molecule is C=C(N)CC[C@H](NC(=O)[C@@H]1CC[C@@H]2CCCC[C@H](NC(=O)c3cc4cc(C(F)(F)P(=O)(O)O)ccc4s3)C(=O)N21)C(C)C. The molecule has 2 aliphatic rings. The van der Waals surface area contributed by atoms with Crippen molar-refractivity contribution in [2.75, 3.05) is 0 Å². The second-order valence-electron chi connectivity index (χ2n) is 11.8. The van der Waals surface area contributed by atoms with Crippen LogP contribution in [-0.4, -0.2) is 56.6 Å². The number of thiophene rings is 1. The number of nitrogens with one attached hydrogen (secondary N) is 2. The topological polar surface area (TPSA) is 162 Å². The van der Waals surface area contributed by atoms with E-state index in [1.165, 1.54) is 12.1 Å². The van der Waals surface area contributed by atoms with Crippen molar-refractivity contribution in [3.63, 3.8) is 0 Å². The third-order valence-corrected chi connectivity index (χ3v) is 10.4. The molecule has 0 radical (unpaired) electrons. The summed E-state index contributed by atoms with van der Waals surface area (Å²) in [5, 5.41) is 6.13. The van der Waals surface area contributed by atoms with Crippen molar-refractivity contribution < 1.29 is 37.5 Å². The molecule has 14 heteroatoms. The summed E-state index contributed by atoms with van der Waals surface area (Å²) >= 11 is 1.02. The van der Waals surface area contributed by atoms with Crippen LogP contribution >= 0.6 is 18.9 Å². The van der Waals surface area contributed by atoms with Crippen LogP contribution in [0.2, 0.25) is 0 Å². The Morgan fingerprint density at radius 2 is 1.88 bits per heavy atom. The Hall–Kier alpha value is -2.86. The van der Waals surface area contributed by atoms with Crippen molar-refractivity contribution in [2.24, 2.45) is 11.7 Å². The number of alkyl halides is 2. The maximum absolute atomic E-state index is 14.2. The van der Waals surface area contributed by atoms with Crippen molar-refractivity contribution in [3.05, 3.63) is 47.0 Å². The van der Waals surface area contributed by atoms with Gasteiger partial charge in [-0.25, -0.2) is 0 Å². The smallest absolute Gasteiger partial charge is 0.399 e. The van der Waals surface area contributed by atoms with Gasteiger partial charge >= 0.3 is 13.3 Å². The van der Waals surface area contributed by atoms with Crippen LogP contribution in [0.1, 0.15) is 80.4 Å². The van der Waals surface area contributed by atoms with Crippen LogP contribution in [0.5, 0.6) is 0 Å². The van der Waals surface area contributed by atoms with Gasteiger partial charge in [0, 0.05) is 28.0 Å². The Morgan fingerprint density at radius 1 is 1.19 bits per heavy atom. The van der Waals surface area contributed by atoms with E-state index in [1.807, 2.05) is 13.8 Å². The molecule has 3 amide bonds. The Balaban J connectivity index is 1.51. The van der Waals surface area contributed by atoms with Gasteiger partial charge in [0.05, 0.1) is 4.88 Å². The molecular weight excluding hydrogens is 601 g/mol. The van der Waals surface area contributed by atoms with Crippen LogP contribution in [-0.2, 0) is 19.8 Å². The van der Waals surface area contributed by atoms with Crippen molar-refractivity contribution in [3.8, 4) is 0 Å². The van der Waals surface area contributed by atoms with Crippen LogP contribution < -0.4 is 16.4 Å². The van der Waals surface area contributed by atoms with Gasteiger partial charge in [0.15, 0.2) is 0 Å². The molecule has 4 rings (SSSR count). The highest BCUT2D eigenvalue weighted by Crippen LogP contribution is 2.59. The van der Waals surface area contributed by atoms with Crippen LogP contribution in [0.3, 0.4) is 0 Å². The Morgan fingerprint density at radius 3 is 2.53 bits per heavy atom. The van der Waals surface area contributed by atoms with Gasteiger partial charge in [-0.05, 0) is 68.0 Å². The number of nitrogens with two attached hydrogens (primary N) is 1. The van der Waals surface area contributed by atoms with Crippen molar-refractivity contribution in [1.29, 1.82) is 0 Å². The zero-order chi connectivity index (χ0) is 31.7. The summed E-state index contributed by atoms with van der Waals surface area (Å²) < 4.78 is 40.2. The van der Waals surface area contributed by atoms with Crippen molar-refractivity contribution >= 4 is 46.7 Å². The maximum atomic E-state index is 14.2. The predicted molar refractivity (Wildman–Crippen MR) is 160 cm³/mol. The molecule has 0 aliphatic carbocycles. The Labute approximate surface area is 253 Å². The molecule has 4 atom stereocenters. The average Bonchev–Trinajstić information content (AvgIpc) is 3.54. The second-order valence-corrected chi connectivity index (χ2v) is 14.5. The van der Waals surface area contributed by atoms with E-state index in [0.717, 1.165) is 36.3 Å². The summed E-state index contributed by atoms with van der Waals surface area (Å²) in [7, 11) is -5.75. The number of rotatable bonds is 10. The van der Waals surface area contributed by atoms with Gasteiger partial charge in [-0.1, -0.05) is 39.3 Å². The van der Waals surface area contributed by atoms with Gasteiger partial charge in [-0.15, -0.1) is 11.3 Å². The molecule has 2 saturated heterocycles. The van der Waals surface area contributed by atoms with Gasteiger partial charge < -0.3 is 31.1 Å². The molecule has 236 valence electrons. The molecule has 6 N–H and O–H groups in total. The minimum Gasteiger partial charge on any atom is -0.403 e. The van der Waals surface area contributed by atoms with E-state index in [4.69, 9.17) is 15.5 Å². The lowest BCUT2D eigenvalue weighted by Gasteiger charge is -2.36. The third kappa shape index (κ3) is 7.28. The number of carbonyl (C=O) groups excluding carboxylic acids is 3. The lowest BCUT2D eigenvalue weighted by molar-refractivity contribution is -0.143. The highest BCUT2D eigenvalue weighted by molar-refractivity contribution is 7.52. The van der Waals surface area contributed by atoms with Crippen molar-refractivity contribution in [2.45, 2.75) is 95.0 Å². The molecule has 43 heavy (non-hydrogen) atoms. The highest BCUT2D eigenvalue weighted by atomic mass is 32.1. The Bertz CT molecular complexity index is 1440. The molecule has 3 heterocycles. The number of fused-ring (bicyclic) bond motifs is 2. The van der Waals surface area contributed by atoms with E-state index in [1.54, 1.807) is 4.90 Å². The number of nitrogens with zero attached hydrogens (tertiary/aromatic N) is 1. The number of allylic oxidation sites excluding steroid dienone is 1. The fraction of sp³-hybridized carbons (Fsp3) is 0.552. The highest BCUT2D eigenvalue weighted by Gasteiger charge is 2.50. The predicted octanol–water partition coefficient (Wildman–Crippen LogP) is 4.55. The minimum absolute atomic E-state index is 0.109. The Kier molecular flexibility index (Phi) is 10.0. The normalized spacial score (nSPS) is 22.2. The maximum Gasteiger partial charge on any atom is 0.399 e. The standard InChI is InChI=1S/C29H39F2N4O6PS/c1-16(2)21(11-8-17(3)32)33-26(36)23-12-10-20-6-4-5-7-22(28(38)35(20)23)34-27(37)25-15-18-14-19(9-13-24(18)43-25)29(30,31)42(39,40)41/h9,13-16,20-23H,3-8,10-12,32H2,1-2H3,(H,33,36)(H,34,37)(H2,39,40,41)/t20-,21-,22-,23-/m0/s1. The van der Waals surface area contributed by atoms with E-state index in [0.29, 0.717) is 48.9 Å². The summed E-state index contributed by atoms with van der Waals surface area (Å²) in [6.07, 6.45) is 5.12. The van der Waals surface area contributed by atoms with Gasteiger partial charge in [-0.3, -0.25) is 18.9 Å². The fourth-order valence-corrected chi connectivity index (χ4v) is 7.28. The quantitative estimate of drug-likeness (QED) is 0.238. The summed E-state index contributed by atoms with van der Waals surface area (Å²) in [6.45, 7) is 7.75. The molecule has 0 unspecified atom stereocenters. The van der Waals surface area contributed by atoms with Crippen LogP contribution in [0.25, 0.3) is 10.1 Å². The number of hydrogen-bond donors (Lipinski definition) is 5. The number of amides is 3. The number of hydrogen-bond acceptors (Lipinski definition) is 6. The van der Waals surface area contributed by atoms with Gasteiger partial charge in [0.2, 0.25) is 11.8 Å². The summed E-state index contributed by atoms with van der Waals surface area (Å²) in [6, 6.07) is 2.74. The molecule has 2 aromatic rings. The zero-order valence-electron chi connectivity index (χ0n) is 24.2. The first kappa shape index (κ1) is 33.0. The zero-order valence-corrected chi connectivity index (χ0v) is 25.9. The van der Waals surface area contributed by atoms with E-state index in [9.17, 15) is 27.7 Å². The molecular formula is C29H39F2N4O6PS. The van der Waals surface area contributed by atoms with Gasteiger partial charge in [-0.2, -0.15) is 8.78 Å². The lowest BCUT2D eigenvalue weighted by atomic mass is 9.97. The number of halogens is 2. The summed E-state index contributed by atoms with van der Waals surface area (Å²) in [5.41, 5.74) is 1.04. The minimum atomic E-state index is -5.75. The van der Waals surface area contributed by atoms with Crippen LogP contribution in [0.4, 0.5) is 8.78 Å². The van der Waals surface area contributed by atoms with Crippen molar-refractivity contribution in [1.82, 2.24) is 15.5 Å². The van der Waals surface area contributed by atoms with E-state index in [2.05, 4.69) is 17.2 Å². The van der Waals surface area contributed by atoms with E-state index < -0.39 is 36.8 Å². The second kappa shape index (κ2) is 13.0. The van der Waals surface area contributed by atoms with E-state index >= 15 is 0 Å². The third-order valence-electron chi connectivity index (χ3n) is 8.31. The lowest BCUT2D eigenvalue weighted by Crippen LogP contribution is -2.57. The summed E-state index contributed by atoms with van der Waals surface area (Å²) in [4.78, 5) is 60.6. The van der Waals surface area contributed by atoms with Gasteiger partial charge in [0.25, 0.3) is 5.91 Å². The number of carbonyl (C=O) groups is 3. The average molecular weight is 641 g/mol. The molecule has 0 saturated carbocycles.